The van der Waals surface area contributed by atoms with Crippen molar-refractivity contribution in [3.05, 3.63) is 81.1 Å². The van der Waals surface area contributed by atoms with Gasteiger partial charge in [0, 0.05) is 31.1 Å². The van der Waals surface area contributed by atoms with Gasteiger partial charge in [-0.1, -0.05) is 17.4 Å². The molecule has 2 fully saturated rings. The van der Waals surface area contributed by atoms with Crippen LogP contribution in [0.1, 0.15) is 51.6 Å². The van der Waals surface area contributed by atoms with Gasteiger partial charge in [-0.3, -0.25) is 0 Å². The van der Waals surface area contributed by atoms with E-state index in [9.17, 15) is 35.8 Å². The average Bonchev–Trinajstić information content (AvgIpc) is 3.55. The lowest BCUT2D eigenvalue weighted by molar-refractivity contribution is -0.217. The molecule has 222 valence electrons. The molecule has 2 saturated heterocycles. The number of benzene rings is 2. The maximum Gasteiger partial charge on any atom is 0.416 e. The van der Waals surface area contributed by atoms with E-state index in [4.69, 9.17) is 9.47 Å². The van der Waals surface area contributed by atoms with Crippen LogP contribution < -0.4 is 4.90 Å². The zero-order valence-electron chi connectivity index (χ0n) is 22.0. The molecular weight excluding hydrogens is 577 g/mol. The summed E-state index contributed by atoms with van der Waals surface area (Å²) < 4.78 is 107. The smallest absolute Gasteiger partial charge is 0.391 e. The minimum Gasteiger partial charge on any atom is -0.391 e. The Bertz CT molecular complexity index is 1360. The first-order chi connectivity index (χ1) is 19.2. The Labute approximate surface area is 235 Å². The first kappa shape index (κ1) is 29.7. The first-order valence-corrected chi connectivity index (χ1v) is 13.7. The molecule has 13 heteroatoms. The molecule has 2 aromatic carbocycles. The van der Waals surface area contributed by atoms with Crippen molar-refractivity contribution >= 4 is 16.5 Å². The highest BCUT2D eigenvalue weighted by Crippen LogP contribution is 2.47. The molecule has 0 bridgehead atoms. The molecule has 5 rings (SSSR count). The molecule has 2 aliphatic rings. The number of hydrogen-bond acceptors (Lipinski definition) is 6. The van der Waals surface area contributed by atoms with Gasteiger partial charge in [0.05, 0.1) is 35.3 Å². The summed E-state index contributed by atoms with van der Waals surface area (Å²) in [5, 5.41) is 10.2. The summed E-state index contributed by atoms with van der Waals surface area (Å²) in [6, 6.07) is 5.67. The Morgan fingerprint density at radius 1 is 1.07 bits per heavy atom. The summed E-state index contributed by atoms with van der Waals surface area (Å²) in [4.78, 5) is 7.15. The number of hydrogen-bond donors (Lipinski definition) is 1. The molecule has 1 aromatic heterocycles. The van der Waals surface area contributed by atoms with Gasteiger partial charge >= 0.3 is 12.4 Å². The van der Waals surface area contributed by atoms with E-state index in [-0.39, 0.29) is 36.7 Å². The number of nitrogens with zero attached hydrogens (tertiary/aromatic N) is 2. The maximum atomic E-state index is 14.0. The number of thiazole rings is 1. The number of aryl methyl sites for hydroxylation is 1. The van der Waals surface area contributed by atoms with Gasteiger partial charge in [0.25, 0.3) is 0 Å². The van der Waals surface area contributed by atoms with Crippen LogP contribution in [0.2, 0.25) is 0 Å². The first-order valence-electron chi connectivity index (χ1n) is 12.9. The van der Waals surface area contributed by atoms with Gasteiger partial charge in [-0.05, 0) is 66.8 Å². The number of aliphatic hydroxyl groups excluding tert-OH is 1. The summed E-state index contributed by atoms with van der Waals surface area (Å²) in [5.74, 6) is -1.03. The highest BCUT2D eigenvalue weighted by Gasteiger charge is 2.48. The van der Waals surface area contributed by atoms with Crippen molar-refractivity contribution in [2.24, 2.45) is 11.8 Å². The van der Waals surface area contributed by atoms with Crippen molar-refractivity contribution in [3.8, 4) is 0 Å². The molecule has 1 N–H and O–H groups in total. The molecule has 41 heavy (non-hydrogen) atoms. The van der Waals surface area contributed by atoms with Gasteiger partial charge in [0.15, 0.2) is 11.4 Å². The SMILES string of the molecule is Cc1cc(F)ccc1[C@H]1C2CN(c3ncc(CO)s3)C[C@H]2CO[C@@H]1O[C@H](C)c1cc(C(F)(F)F)cc(C(F)(F)F)c1. The number of rotatable bonds is 6. The van der Waals surface area contributed by atoms with Crippen molar-refractivity contribution in [2.75, 3.05) is 24.6 Å². The normalized spacial score (nSPS) is 24.0. The minimum absolute atomic E-state index is 0.00600. The van der Waals surface area contributed by atoms with Gasteiger partial charge in [-0.25, -0.2) is 9.37 Å². The number of alkyl halides is 6. The fraction of sp³-hybridized carbons (Fsp3) is 0.464. The van der Waals surface area contributed by atoms with Crippen molar-refractivity contribution < 1.29 is 45.3 Å². The fourth-order valence-electron chi connectivity index (χ4n) is 5.68. The molecule has 5 nitrogen and oxygen atoms in total. The number of fused-ring (bicyclic) bond motifs is 1. The molecule has 0 spiro atoms. The summed E-state index contributed by atoms with van der Waals surface area (Å²) >= 11 is 1.35. The predicted molar refractivity (Wildman–Crippen MR) is 137 cm³/mol. The number of halogens is 7. The van der Waals surface area contributed by atoms with Crippen LogP contribution in [0.4, 0.5) is 35.9 Å². The van der Waals surface area contributed by atoms with Crippen molar-refractivity contribution in [2.45, 2.75) is 51.1 Å². The summed E-state index contributed by atoms with van der Waals surface area (Å²) in [5.41, 5.74) is -1.81. The van der Waals surface area contributed by atoms with Gasteiger partial charge in [0.2, 0.25) is 0 Å². The zero-order valence-corrected chi connectivity index (χ0v) is 22.8. The molecule has 0 amide bonds. The summed E-state index contributed by atoms with van der Waals surface area (Å²) in [6.07, 6.45) is -10.6. The zero-order chi connectivity index (χ0) is 29.7. The molecule has 2 aliphatic heterocycles. The minimum atomic E-state index is -4.99. The van der Waals surface area contributed by atoms with Crippen LogP contribution in [0.3, 0.4) is 0 Å². The van der Waals surface area contributed by atoms with Crippen molar-refractivity contribution in [1.82, 2.24) is 4.98 Å². The monoisotopic (exact) mass is 604 g/mol. The standard InChI is InChI=1S/C28H27F7N2O3S/c1-14-5-20(29)3-4-22(14)24-23-11-37(26-36-9-21(12-38)41-26)10-17(23)13-39-25(24)40-15(2)16-6-18(27(30,31)32)8-19(7-16)28(33,34)35/h3-9,15,17,23-25,38H,10-13H2,1-2H3/t15-,17+,23?,24+,25-/m1/s1. The van der Waals surface area contributed by atoms with E-state index in [1.807, 2.05) is 0 Å². The molecule has 3 aromatic rings. The Balaban J connectivity index is 1.47. The second-order valence-corrected chi connectivity index (χ2v) is 11.5. The number of ether oxygens (including phenoxy) is 2. The topological polar surface area (TPSA) is 54.8 Å². The van der Waals surface area contributed by atoms with Crippen LogP contribution in [0.5, 0.6) is 0 Å². The van der Waals surface area contributed by atoms with Gasteiger partial charge < -0.3 is 19.5 Å². The van der Waals surface area contributed by atoms with Gasteiger partial charge in [-0.15, -0.1) is 0 Å². The molecule has 3 heterocycles. The Morgan fingerprint density at radius 2 is 1.76 bits per heavy atom. The Kier molecular flexibility index (Phi) is 8.09. The third-order valence-corrected chi connectivity index (χ3v) is 8.74. The fourth-order valence-corrected chi connectivity index (χ4v) is 6.47. The predicted octanol–water partition coefficient (Wildman–Crippen LogP) is 7.09. The molecule has 5 atom stereocenters. The van der Waals surface area contributed by atoms with E-state index < -0.39 is 47.6 Å². The van der Waals surface area contributed by atoms with Crippen LogP contribution in [-0.2, 0) is 28.4 Å². The molecule has 0 radical (unpaired) electrons. The lowest BCUT2D eigenvalue weighted by Crippen LogP contribution is -2.42. The quantitative estimate of drug-likeness (QED) is 0.305. The van der Waals surface area contributed by atoms with E-state index >= 15 is 0 Å². The van der Waals surface area contributed by atoms with Crippen LogP contribution >= 0.6 is 11.3 Å². The largest absolute Gasteiger partial charge is 0.416 e. The number of anilines is 1. The molecule has 0 saturated carbocycles. The van der Waals surface area contributed by atoms with Crippen LogP contribution in [0, 0.1) is 24.6 Å². The van der Waals surface area contributed by atoms with E-state index in [1.165, 1.54) is 30.4 Å². The lowest BCUT2D eigenvalue weighted by atomic mass is 9.76. The van der Waals surface area contributed by atoms with Crippen LogP contribution in [-0.4, -0.2) is 36.1 Å². The summed E-state index contributed by atoms with van der Waals surface area (Å²) in [6.45, 7) is 4.31. The van der Waals surface area contributed by atoms with Crippen molar-refractivity contribution in [3.63, 3.8) is 0 Å². The highest BCUT2D eigenvalue weighted by molar-refractivity contribution is 7.15. The second-order valence-electron chi connectivity index (χ2n) is 10.4. The third-order valence-electron chi connectivity index (χ3n) is 7.70. The molecule has 0 aliphatic carbocycles. The van der Waals surface area contributed by atoms with E-state index in [1.54, 1.807) is 19.2 Å². The maximum absolute atomic E-state index is 14.0. The van der Waals surface area contributed by atoms with Gasteiger partial charge in [-0.2, -0.15) is 26.3 Å². The van der Waals surface area contributed by atoms with Crippen molar-refractivity contribution in [1.29, 1.82) is 0 Å². The average molecular weight is 605 g/mol. The van der Waals surface area contributed by atoms with E-state index in [2.05, 4.69) is 9.88 Å². The van der Waals surface area contributed by atoms with Gasteiger partial charge in [0.1, 0.15) is 5.82 Å². The highest BCUT2D eigenvalue weighted by atomic mass is 32.1. The lowest BCUT2D eigenvalue weighted by Gasteiger charge is -2.41. The second kappa shape index (κ2) is 11.2. The Morgan fingerprint density at radius 3 is 2.34 bits per heavy atom. The molecule has 1 unspecified atom stereocenters. The van der Waals surface area contributed by atoms with E-state index in [0.29, 0.717) is 40.8 Å². The Hall–Kier alpha value is -2.74. The summed E-state index contributed by atoms with van der Waals surface area (Å²) in [7, 11) is 0. The number of aliphatic hydroxyl groups is 1. The van der Waals surface area contributed by atoms with Crippen LogP contribution in [0.15, 0.2) is 42.6 Å². The number of aromatic nitrogens is 1. The molecular formula is C28H27F7N2O3S. The van der Waals surface area contributed by atoms with E-state index in [0.717, 1.165) is 5.56 Å². The van der Waals surface area contributed by atoms with Crippen LogP contribution in [0.25, 0.3) is 0 Å². The third kappa shape index (κ3) is 6.23.